The van der Waals surface area contributed by atoms with Gasteiger partial charge in [0.05, 0.1) is 11.1 Å². The number of likely N-dealkylation sites (tertiary alicyclic amines) is 1. The Labute approximate surface area is 157 Å². The summed E-state index contributed by atoms with van der Waals surface area (Å²) < 4.78 is 5.51. The summed E-state index contributed by atoms with van der Waals surface area (Å²) in [6, 6.07) is 16.0. The van der Waals surface area contributed by atoms with Crippen LogP contribution in [-0.4, -0.2) is 53.3 Å². The van der Waals surface area contributed by atoms with E-state index in [0.717, 1.165) is 0 Å². The molecular weight excluding hydrogens is 344 g/mol. The second-order valence-electron chi connectivity index (χ2n) is 6.74. The van der Waals surface area contributed by atoms with Gasteiger partial charge in [0.15, 0.2) is 6.61 Å². The van der Waals surface area contributed by atoms with Crippen LogP contribution in [0.2, 0.25) is 0 Å². The van der Waals surface area contributed by atoms with E-state index in [1.807, 2.05) is 30.3 Å². The molecule has 0 saturated carbocycles. The van der Waals surface area contributed by atoms with Crippen LogP contribution in [-0.2, 0) is 4.79 Å². The van der Waals surface area contributed by atoms with Crippen LogP contribution in [0.25, 0.3) is 0 Å². The molecule has 0 bridgehead atoms. The quantitative estimate of drug-likeness (QED) is 0.781. The first-order valence-corrected chi connectivity index (χ1v) is 9.07. The molecule has 0 N–H and O–H groups in total. The Morgan fingerprint density at radius 2 is 1.44 bits per heavy atom. The maximum atomic E-state index is 12.6. The van der Waals surface area contributed by atoms with Crippen molar-refractivity contribution in [2.75, 3.05) is 19.7 Å². The number of benzene rings is 2. The number of rotatable bonds is 4. The van der Waals surface area contributed by atoms with Gasteiger partial charge in [0.1, 0.15) is 5.75 Å². The summed E-state index contributed by atoms with van der Waals surface area (Å²) in [4.78, 5) is 40.6. The van der Waals surface area contributed by atoms with Crippen molar-refractivity contribution in [1.29, 1.82) is 0 Å². The van der Waals surface area contributed by atoms with Crippen molar-refractivity contribution in [2.24, 2.45) is 0 Å². The molecule has 3 amide bonds. The Morgan fingerprint density at radius 1 is 0.889 bits per heavy atom. The zero-order valence-corrected chi connectivity index (χ0v) is 14.8. The molecule has 4 rings (SSSR count). The van der Waals surface area contributed by atoms with E-state index >= 15 is 0 Å². The molecule has 0 aromatic heterocycles. The van der Waals surface area contributed by atoms with Gasteiger partial charge in [0.2, 0.25) is 0 Å². The van der Waals surface area contributed by atoms with Gasteiger partial charge < -0.3 is 9.64 Å². The number of piperidine rings is 1. The number of carbonyl (C=O) groups is 3. The second-order valence-corrected chi connectivity index (χ2v) is 6.74. The first-order valence-electron chi connectivity index (χ1n) is 9.07. The third-order valence-corrected chi connectivity index (χ3v) is 5.11. The minimum Gasteiger partial charge on any atom is -0.484 e. The summed E-state index contributed by atoms with van der Waals surface area (Å²) in [6.45, 7) is 1.01. The maximum Gasteiger partial charge on any atom is 0.261 e. The average Bonchev–Trinajstić information content (AvgIpc) is 2.98. The highest BCUT2D eigenvalue weighted by Crippen LogP contribution is 2.28. The molecule has 2 aromatic carbocycles. The van der Waals surface area contributed by atoms with E-state index in [-0.39, 0.29) is 30.4 Å². The monoisotopic (exact) mass is 364 g/mol. The standard InChI is InChI=1S/C21H20N2O4/c24-19(14-27-16-6-2-1-3-7-16)22-12-10-15(11-13-22)23-20(25)17-8-4-5-9-18(17)21(23)26/h1-9,15H,10-14H2. The highest BCUT2D eigenvalue weighted by Gasteiger charge is 2.41. The number of carbonyl (C=O) groups excluding carboxylic acids is 3. The number of amides is 3. The lowest BCUT2D eigenvalue weighted by atomic mass is 10.0. The van der Waals surface area contributed by atoms with Crippen LogP contribution in [0, 0.1) is 0 Å². The second kappa shape index (κ2) is 7.23. The van der Waals surface area contributed by atoms with Crippen molar-refractivity contribution in [3.05, 3.63) is 65.7 Å². The van der Waals surface area contributed by atoms with E-state index in [0.29, 0.717) is 42.8 Å². The Balaban J connectivity index is 1.33. The van der Waals surface area contributed by atoms with Gasteiger partial charge in [0, 0.05) is 19.1 Å². The highest BCUT2D eigenvalue weighted by molar-refractivity contribution is 6.21. The molecule has 0 unspecified atom stereocenters. The topological polar surface area (TPSA) is 66.9 Å². The molecule has 0 radical (unpaired) electrons. The third kappa shape index (κ3) is 3.30. The van der Waals surface area contributed by atoms with Crippen LogP contribution in [0.3, 0.4) is 0 Å². The normalized spacial score (nSPS) is 17.2. The van der Waals surface area contributed by atoms with E-state index < -0.39 is 0 Å². The van der Waals surface area contributed by atoms with Crippen LogP contribution >= 0.6 is 0 Å². The Hall–Kier alpha value is -3.15. The summed E-state index contributed by atoms with van der Waals surface area (Å²) in [7, 11) is 0. The molecule has 2 aromatic rings. The van der Waals surface area contributed by atoms with Gasteiger partial charge in [-0.1, -0.05) is 30.3 Å². The van der Waals surface area contributed by atoms with Crippen molar-refractivity contribution in [1.82, 2.24) is 9.80 Å². The maximum absolute atomic E-state index is 12.6. The van der Waals surface area contributed by atoms with Crippen LogP contribution in [0.4, 0.5) is 0 Å². The fraction of sp³-hybridized carbons (Fsp3) is 0.286. The molecular formula is C21H20N2O4. The SMILES string of the molecule is O=C(COc1ccccc1)N1CCC(N2C(=O)c3ccccc3C2=O)CC1. The lowest BCUT2D eigenvalue weighted by Crippen LogP contribution is -2.49. The smallest absolute Gasteiger partial charge is 0.261 e. The summed E-state index contributed by atoms with van der Waals surface area (Å²) >= 11 is 0. The van der Waals surface area contributed by atoms with Crippen LogP contribution in [0.15, 0.2) is 54.6 Å². The van der Waals surface area contributed by atoms with Gasteiger partial charge in [-0.25, -0.2) is 0 Å². The van der Waals surface area contributed by atoms with Crippen LogP contribution in [0.1, 0.15) is 33.6 Å². The Morgan fingerprint density at radius 3 is 2.04 bits per heavy atom. The first-order chi connectivity index (χ1) is 13.1. The van der Waals surface area contributed by atoms with E-state index in [1.54, 1.807) is 29.2 Å². The largest absolute Gasteiger partial charge is 0.484 e. The summed E-state index contributed by atoms with van der Waals surface area (Å²) in [5.74, 6) is 0.118. The van der Waals surface area contributed by atoms with Crippen molar-refractivity contribution < 1.29 is 19.1 Å². The number of hydrogen-bond acceptors (Lipinski definition) is 4. The van der Waals surface area contributed by atoms with Crippen molar-refractivity contribution in [3.8, 4) is 5.75 Å². The van der Waals surface area contributed by atoms with Crippen LogP contribution in [0.5, 0.6) is 5.75 Å². The van der Waals surface area contributed by atoms with Crippen molar-refractivity contribution >= 4 is 17.7 Å². The Kier molecular flexibility index (Phi) is 4.62. The molecule has 1 fully saturated rings. The van der Waals surface area contributed by atoms with Gasteiger partial charge in [-0.3, -0.25) is 19.3 Å². The summed E-state index contributed by atoms with van der Waals surface area (Å²) in [6.07, 6.45) is 1.17. The predicted octanol–water partition coefficient (Wildman–Crippen LogP) is 2.35. The minimum absolute atomic E-state index is 0.0122. The number of hydrogen-bond donors (Lipinski definition) is 0. The number of ether oxygens (including phenoxy) is 1. The highest BCUT2D eigenvalue weighted by atomic mass is 16.5. The van der Waals surface area contributed by atoms with E-state index in [2.05, 4.69) is 0 Å². The molecule has 2 aliphatic rings. The van der Waals surface area contributed by atoms with Crippen molar-refractivity contribution in [2.45, 2.75) is 18.9 Å². The molecule has 27 heavy (non-hydrogen) atoms. The molecule has 1 saturated heterocycles. The zero-order valence-electron chi connectivity index (χ0n) is 14.8. The average molecular weight is 364 g/mol. The number of imide groups is 1. The fourth-order valence-corrected chi connectivity index (χ4v) is 3.67. The van der Waals surface area contributed by atoms with Gasteiger partial charge in [-0.05, 0) is 37.1 Å². The molecule has 0 atom stereocenters. The van der Waals surface area contributed by atoms with Gasteiger partial charge in [-0.2, -0.15) is 0 Å². The number of para-hydroxylation sites is 1. The van der Waals surface area contributed by atoms with Crippen LogP contribution < -0.4 is 4.74 Å². The molecule has 2 aliphatic heterocycles. The lowest BCUT2D eigenvalue weighted by molar-refractivity contribution is -0.134. The molecule has 0 aliphatic carbocycles. The molecule has 0 spiro atoms. The van der Waals surface area contributed by atoms with E-state index in [9.17, 15) is 14.4 Å². The van der Waals surface area contributed by atoms with Gasteiger partial charge >= 0.3 is 0 Å². The summed E-state index contributed by atoms with van der Waals surface area (Å²) in [5.41, 5.74) is 0.939. The first kappa shape index (κ1) is 17.3. The van der Waals surface area contributed by atoms with E-state index in [4.69, 9.17) is 4.74 Å². The molecule has 6 heteroatoms. The predicted molar refractivity (Wildman–Crippen MR) is 98.5 cm³/mol. The molecule has 2 heterocycles. The molecule has 138 valence electrons. The third-order valence-electron chi connectivity index (χ3n) is 5.11. The zero-order chi connectivity index (χ0) is 18.8. The Bertz CT molecular complexity index is 838. The number of nitrogens with zero attached hydrogens (tertiary/aromatic N) is 2. The summed E-state index contributed by atoms with van der Waals surface area (Å²) in [5, 5.41) is 0. The number of fused-ring (bicyclic) bond motifs is 1. The lowest BCUT2D eigenvalue weighted by Gasteiger charge is -2.35. The van der Waals surface area contributed by atoms with Gasteiger partial charge in [0.25, 0.3) is 17.7 Å². The fourth-order valence-electron chi connectivity index (χ4n) is 3.67. The van der Waals surface area contributed by atoms with E-state index in [1.165, 1.54) is 4.90 Å². The minimum atomic E-state index is -0.229. The van der Waals surface area contributed by atoms with Crippen molar-refractivity contribution in [3.63, 3.8) is 0 Å². The molecule has 6 nitrogen and oxygen atoms in total. The van der Waals surface area contributed by atoms with Gasteiger partial charge in [-0.15, -0.1) is 0 Å².